The predicted octanol–water partition coefficient (Wildman–Crippen LogP) is 4.05. The summed E-state index contributed by atoms with van der Waals surface area (Å²) in [6.45, 7) is 4.46. The van der Waals surface area contributed by atoms with Gasteiger partial charge in [-0.15, -0.1) is 0 Å². The lowest BCUT2D eigenvalue weighted by atomic mass is 9.94. The van der Waals surface area contributed by atoms with Gasteiger partial charge in [-0.2, -0.15) is 0 Å². The molecule has 0 aromatic carbocycles. The van der Waals surface area contributed by atoms with Crippen LogP contribution in [0.25, 0.3) is 5.65 Å². The van der Waals surface area contributed by atoms with Crippen molar-refractivity contribution < 1.29 is 4.79 Å². The van der Waals surface area contributed by atoms with Crippen LogP contribution >= 0.6 is 0 Å². The Morgan fingerprint density at radius 1 is 1.00 bits per heavy atom. The van der Waals surface area contributed by atoms with Crippen LogP contribution in [0.5, 0.6) is 0 Å². The van der Waals surface area contributed by atoms with Crippen LogP contribution in [0.3, 0.4) is 0 Å². The Morgan fingerprint density at radius 3 is 2.36 bits per heavy atom. The highest BCUT2D eigenvalue weighted by Crippen LogP contribution is 2.47. The van der Waals surface area contributed by atoms with E-state index in [0.717, 1.165) is 61.9 Å². The molecule has 4 fully saturated rings. The lowest BCUT2D eigenvalue weighted by Gasteiger charge is -2.40. The van der Waals surface area contributed by atoms with Crippen LogP contribution in [0.1, 0.15) is 74.0 Å². The first-order chi connectivity index (χ1) is 16.2. The number of nitrogens with zero attached hydrogens (tertiary/aromatic N) is 5. The summed E-state index contributed by atoms with van der Waals surface area (Å²) in [5.74, 6) is 1.84. The molecule has 1 saturated heterocycles. The fourth-order valence-corrected chi connectivity index (χ4v) is 6.58. The summed E-state index contributed by atoms with van der Waals surface area (Å²) in [6.07, 6.45) is 14.3. The lowest BCUT2D eigenvalue weighted by molar-refractivity contribution is 0.0516. The number of carbonyl (C=O) groups excluding carboxylic acids is 1. The number of carbonyl (C=O) groups is 1. The van der Waals surface area contributed by atoms with E-state index >= 15 is 0 Å². The Hall–Kier alpha value is -1.92. The number of amides is 1. The molecule has 3 saturated carbocycles. The quantitative estimate of drug-likeness (QED) is 0.640. The van der Waals surface area contributed by atoms with E-state index in [1.54, 1.807) is 0 Å². The highest BCUT2D eigenvalue weighted by Gasteiger charge is 2.44. The Morgan fingerprint density at radius 2 is 1.70 bits per heavy atom. The molecule has 0 N–H and O–H groups in total. The van der Waals surface area contributed by atoms with E-state index in [9.17, 15) is 4.79 Å². The van der Waals surface area contributed by atoms with E-state index in [2.05, 4.69) is 38.4 Å². The van der Waals surface area contributed by atoms with Crippen molar-refractivity contribution in [2.75, 3.05) is 33.2 Å². The van der Waals surface area contributed by atoms with Gasteiger partial charge < -0.3 is 9.30 Å². The second-order valence-corrected chi connectivity index (χ2v) is 11.0. The average Bonchev–Trinajstić information content (AvgIpc) is 3.80. The molecular weight excluding hydrogens is 410 g/mol. The fourth-order valence-electron chi connectivity index (χ4n) is 6.58. The second kappa shape index (κ2) is 9.03. The van der Waals surface area contributed by atoms with Crippen molar-refractivity contribution in [2.24, 2.45) is 11.8 Å². The molecule has 0 spiro atoms. The summed E-state index contributed by atoms with van der Waals surface area (Å²) in [4.78, 5) is 25.8. The molecule has 33 heavy (non-hydrogen) atoms. The van der Waals surface area contributed by atoms with Crippen LogP contribution in [0.15, 0.2) is 24.4 Å². The number of imidazole rings is 1. The van der Waals surface area contributed by atoms with Gasteiger partial charge >= 0.3 is 0 Å². The Kier molecular flexibility index (Phi) is 5.91. The van der Waals surface area contributed by atoms with E-state index < -0.39 is 0 Å². The molecule has 2 aromatic rings. The second-order valence-electron chi connectivity index (χ2n) is 11.0. The van der Waals surface area contributed by atoms with Gasteiger partial charge in [-0.25, -0.2) is 4.98 Å². The van der Waals surface area contributed by atoms with Crippen LogP contribution in [0.2, 0.25) is 0 Å². The first-order valence-electron chi connectivity index (χ1n) is 13.4. The Bertz CT molecular complexity index is 968. The Labute approximate surface area is 197 Å². The van der Waals surface area contributed by atoms with E-state index in [4.69, 9.17) is 4.98 Å². The fraction of sp³-hybridized carbons (Fsp3) is 0.704. The van der Waals surface area contributed by atoms with E-state index in [1.165, 1.54) is 57.8 Å². The van der Waals surface area contributed by atoms with Crippen molar-refractivity contribution in [3.05, 3.63) is 35.8 Å². The van der Waals surface area contributed by atoms with E-state index in [1.807, 2.05) is 12.1 Å². The molecular formula is C27H39N5O. The summed E-state index contributed by atoms with van der Waals surface area (Å²) < 4.78 is 2.15. The molecule has 6 rings (SSSR count). The van der Waals surface area contributed by atoms with Crippen molar-refractivity contribution in [2.45, 2.75) is 76.4 Å². The largest absolute Gasteiger partial charge is 0.335 e. The summed E-state index contributed by atoms with van der Waals surface area (Å²) >= 11 is 0. The van der Waals surface area contributed by atoms with Crippen molar-refractivity contribution >= 4 is 11.6 Å². The molecule has 6 nitrogen and oxygen atoms in total. The number of rotatable bonds is 7. The monoisotopic (exact) mass is 449 g/mol. The smallest absolute Gasteiger partial charge is 0.274 e. The van der Waals surface area contributed by atoms with Gasteiger partial charge in [0.15, 0.2) is 5.69 Å². The van der Waals surface area contributed by atoms with Crippen LogP contribution in [-0.4, -0.2) is 75.3 Å². The third kappa shape index (κ3) is 4.44. The van der Waals surface area contributed by atoms with Crippen molar-refractivity contribution in [3.8, 4) is 0 Å². The van der Waals surface area contributed by atoms with Crippen LogP contribution in [-0.2, 0) is 6.54 Å². The van der Waals surface area contributed by atoms with Crippen molar-refractivity contribution in [1.82, 2.24) is 24.1 Å². The van der Waals surface area contributed by atoms with Crippen LogP contribution < -0.4 is 0 Å². The van der Waals surface area contributed by atoms with Crippen LogP contribution in [0, 0.1) is 11.8 Å². The number of piperazine rings is 1. The maximum absolute atomic E-state index is 13.7. The lowest BCUT2D eigenvalue weighted by Crippen LogP contribution is -2.52. The molecule has 3 heterocycles. The zero-order valence-electron chi connectivity index (χ0n) is 20.2. The minimum Gasteiger partial charge on any atom is -0.335 e. The standard InChI is InChI=1S/C27H39N5O/c1-29(26(20-10-11-20)21-12-13-21)19-23-25(28-24-9-5-6-14-32(23)24)27(33)31-17-15-30(16-18-31)22-7-3-2-4-8-22/h5-6,9,14,20-22,26H,2-4,7-8,10-13,15-19H2,1H3. The highest BCUT2D eigenvalue weighted by molar-refractivity contribution is 5.94. The van der Waals surface area contributed by atoms with Gasteiger partial charge in [0.1, 0.15) is 5.65 Å². The molecule has 6 heteroatoms. The average molecular weight is 450 g/mol. The molecule has 0 unspecified atom stereocenters. The molecule has 3 aliphatic carbocycles. The third-order valence-corrected chi connectivity index (χ3v) is 8.64. The summed E-state index contributed by atoms with van der Waals surface area (Å²) in [6, 6.07) is 7.50. The third-order valence-electron chi connectivity index (χ3n) is 8.64. The molecule has 1 aliphatic heterocycles. The molecule has 1 amide bonds. The number of fused-ring (bicyclic) bond motifs is 1. The normalized spacial score (nSPS) is 23.2. The first kappa shape index (κ1) is 21.6. The number of pyridine rings is 1. The maximum Gasteiger partial charge on any atom is 0.274 e. The number of hydrogen-bond acceptors (Lipinski definition) is 4. The van der Waals surface area contributed by atoms with Gasteiger partial charge in [0.25, 0.3) is 5.91 Å². The van der Waals surface area contributed by atoms with Gasteiger partial charge in [-0.1, -0.05) is 25.3 Å². The van der Waals surface area contributed by atoms with Crippen molar-refractivity contribution in [1.29, 1.82) is 0 Å². The van der Waals surface area contributed by atoms with Gasteiger partial charge in [0.2, 0.25) is 0 Å². The summed E-state index contributed by atoms with van der Waals surface area (Å²) in [7, 11) is 2.26. The molecule has 178 valence electrons. The number of hydrogen-bond donors (Lipinski definition) is 0. The van der Waals surface area contributed by atoms with Gasteiger partial charge in [-0.05, 0) is 69.5 Å². The minimum atomic E-state index is 0.125. The zero-order chi connectivity index (χ0) is 22.4. The SMILES string of the molecule is CN(Cc1c(C(=O)N2CCN(C3CCCCC3)CC2)nc2ccccn12)C(C1CC1)C1CC1. The van der Waals surface area contributed by atoms with Gasteiger partial charge in [-0.3, -0.25) is 14.6 Å². The highest BCUT2D eigenvalue weighted by atomic mass is 16.2. The number of aromatic nitrogens is 2. The molecule has 4 aliphatic rings. The predicted molar refractivity (Wildman–Crippen MR) is 130 cm³/mol. The maximum atomic E-state index is 13.7. The van der Waals surface area contributed by atoms with E-state index in [-0.39, 0.29) is 5.91 Å². The topological polar surface area (TPSA) is 44.1 Å². The van der Waals surface area contributed by atoms with Gasteiger partial charge in [0, 0.05) is 51.0 Å². The molecule has 2 aromatic heterocycles. The zero-order valence-corrected chi connectivity index (χ0v) is 20.2. The Balaban J connectivity index is 1.20. The first-order valence-corrected chi connectivity index (χ1v) is 13.4. The summed E-state index contributed by atoms with van der Waals surface area (Å²) in [5.41, 5.74) is 2.63. The van der Waals surface area contributed by atoms with Crippen LogP contribution in [0.4, 0.5) is 0 Å². The molecule has 0 bridgehead atoms. The minimum absolute atomic E-state index is 0.125. The summed E-state index contributed by atoms with van der Waals surface area (Å²) in [5, 5.41) is 0. The van der Waals surface area contributed by atoms with Gasteiger partial charge in [0.05, 0.1) is 5.69 Å². The van der Waals surface area contributed by atoms with E-state index in [0.29, 0.717) is 11.7 Å². The molecule has 0 radical (unpaired) electrons. The van der Waals surface area contributed by atoms with Crippen molar-refractivity contribution in [3.63, 3.8) is 0 Å². The molecule has 0 atom stereocenters.